The maximum Gasteiger partial charge on any atom is 0.329 e. The highest BCUT2D eigenvalue weighted by Crippen LogP contribution is 2.33. The molecule has 1 atom stereocenters. The molecular weight excluding hydrogens is 266 g/mol. The number of hydrogen-bond acceptors (Lipinski definition) is 2. The molecule has 4 heteroatoms. The summed E-state index contributed by atoms with van der Waals surface area (Å²) in [7, 11) is 0. The second kappa shape index (κ2) is 6.29. The summed E-state index contributed by atoms with van der Waals surface area (Å²) in [5, 5.41) is 12.4. The van der Waals surface area contributed by atoms with Crippen molar-refractivity contribution in [2.24, 2.45) is 5.92 Å². The van der Waals surface area contributed by atoms with E-state index in [-0.39, 0.29) is 11.8 Å². The summed E-state index contributed by atoms with van der Waals surface area (Å²) in [6.07, 6.45) is 2.70. The zero-order valence-corrected chi connectivity index (χ0v) is 12.6. The summed E-state index contributed by atoms with van der Waals surface area (Å²) >= 11 is 0. The van der Waals surface area contributed by atoms with Crippen LogP contribution in [-0.2, 0) is 9.59 Å². The van der Waals surface area contributed by atoms with Crippen molar-refractivity contribution in [3.63, 3.8) is 0 Å². The van der Waals surface area contributed by atoms with Gasteiger partial charge in [-0.15, -0.1) is 0 Å². The number of rotatable bonds is 4. The zero-order valence-electron chi connectivity index (χ0n) is 12.6. The first kappa shape index (κ1) is 15.5. The molecule has 1 amide bonds. The molecule has 114 valence electrons. The monoisotopic (exact) mass is 289 g/mol. The molecule has 2 N–H and O–H groups in total. The van der Waals surface area contributed by atoms with Gasteiger partial charge in [0.1, 0.15) is 5.54 Å². The molecule has 1 aromatic rings. The summed E-state index contributed by atoms with van der Waals surface area (Å²) < 4.78 is 0. The van der Waals surface area contributed by atoms with Crippen LogP contribution in [0.5, 0.6) is 0 Å². The van der Waals surface area contributed by atoms with Crippen molar-refractivity contribution in [2.45, 2.75) is 51.0 Å². The number of carboxylic acids is 1. The first-order chi connectivity index (χ1) is 9.94. The number of nitrogens with one attached hydrogen (secondary N) is 1. The van der Waals surface area contributed by atoms with Crippen molar-refractivity contribution in [1.82, 2.24) is 5.32 Å². The zero-order chi connectivity index (χ0) is 15.5. The highest BCUT2D eigenvalue weighted by molar-refractivity contribution is 5.90. The van der Waals surface area contributed by atoms with Crippen LogP contribution in [0, 0.1) is 5.92 Å². The van der Waals surface area contributed by atoms with Crippen molar-refractivity contribution in [3.8, 4) is 0 Å². The van der Waals surface area contributed by atoms with Gasteiger partial charge >= 0.3 is 5.97 Å². The third kappa shape index (κ3) is 3.43. The molecule has 0 aromatic heterocycles. The highest BCUT2D eigenvalue weighted by Gasteiger charge is 2.43. The van der Waals surface area contributed by atoms with Crippen LogP contribution in [0.1, 0.15) is 51.0 Å². The fourth-order valence-electron chi connectivity index (χ4n) is 2.88. The summed E-state index contributed by atoms with van der Waals surface area (Å²) in [5.74, 6) is -0.941. The Balaban J connectivity index is 2.10. The molecule has 0 bridgehead atoms. The van der Waals surface area contributed by atoms with Crippen LogP contribution < -0.4 is 5.32 Å². The molecule has 21 heavy (non-hydrogen) atoms. The number of carboxylic acid groups (broad SMARTS) is 1. The average molecular weight is 289 g/mol. The topological polar surface area (TPSA) is 66.4 Å². The molecule has 1 aliphatic rings. The molecule has 1 aliphatic carbocycles. The lowest BCUT2D eigenvalue weighted by Crippen LogP contribution is -2.57. The van der Waals surface area contributed by atoms with Crippen molar-refractivity contribution in [1.29, 1.82) is 0 Å². The van der Waals surface area contributed by atoms with Crippen molar-refractivity contribution >= 4 is 11.9 Å². The Hall–Kier alpha value is -1.84. The second-order valence-electron chi connectivity index (χ2n) is 6.19. The second-order valence-corrected chi connectivity index (χ2v) is 6.19. The van der Waals surface area contributed by atoms with Crippen molar-refractivity contribution < 1.29 is 14.7 Å². The summed E-state index contributed by atoms with van der Waals surface area (Å²) in [5.41, 5.74) is -0.188. The smallest absolute Gasteiger partial charge is 0.329 e. The molecule has 4 nitrogen and oxygen atoms in total. The predicted octanol–water partition coefficient (Wildman–Crippen LogP) is 2.94. The quantitative estimate of drug-likeness (QED) is 0.895. The maximum atomic E-state index is 12.4. The lowest BCUT2D eigenvalue weighted by Gasteiger charge is -2.37. The van der Waals surface area contributed by atoms with Crippen molar-refractivity contribution in [3.05, 3.63) is 35.9 Å². The predicted molar refractivity (Wildman–Crippen MR) is 81.0 cm³/mol. The van der Waals surface area contributed by atoms with Crippen LogP contribution >= 0.6 is 0 Å². The molecule has 0 radical (unpaired) electrons. The minimum Gasteiger partial charge on any atom is -0.480 e. The molecule has 0 aliphatic heterocycles. The molecule has 0 unspecified atom stereocenters. The first-order valence-corrected chi connectivity index (χ1v) is 7.55. The van der Waals surface area contributed by atoms with E-state index in [0.717, 1.165) is 18.4 Å². The van der Waals surface area contributed by atoms with E-state index in [1.54, 1.807) is 0 Å². The summed E-state index contributed by atoms with van der Waals surface area (Å²) in [4.78, 5) is 24.1. The molecule has 0 spiro atoms. The Kier molecular flexibility index (Phi) is 4.66. The lowest BCUT2D eigenvalue weighted by atomic mass is 9.76. The van der Waals surface area contributed by atoms with E-state index in [1.165, 1.54) is 0 Å². The Morgan fingerprint density at radius 3 is 2.33 bits per heavy atom. The van der Waals surface area contributed by atoms with Gasteiger partial charge in [-0.3, -0.25) is 4.79 Å². The molecule has 1 aromatic carbocycles. The van der Waals surface area contributed by atoms with Gasteiger partial charge in [0.05, 0.1) is 5.92 Å². The normalized spacial score (nSPS) is 26.9. The fourth-order valence-corrected chi connectivity index (χ4v) is 2.88. The van der Waals surface area contributed by atoms with Crippen LogP contribution in [0.4, 0.5) is 0 Å². The van der Waals surface area contributed by atoms with E-state index in [2.05, 4.69) is 12.2 Å². The van der Waals surface area contributed by atoms with Crippen molar-refractivity contribution in [2.75, 3.05) is 0 Å². The van der Waals surface area contributed by atoms with E-state index in [0.29, 0.717) is 18.8 Å². The molecule has 1 fully saturated rings. The summed E-state index contributed by atoms with van der Waals surface area (Å²) in [6, 6.07) is 9.44. The summed E-state index contributed by atoms with van der Waals surface area (Å²) in [6.45, 7) is 3.94. The van der Waals surface area contributed by atoms with Crippen LogP contribution in [-0.4, -0.2) is 22.5 Å². The van der Waals surface area contributed by atoms with E-state index in [9.17, 15) is 14.7 Å². The number of benzene rings is 1. The largest absolute Gasteiger partial charge is 0.480 e. The van der Waals surface area contributed by atoms with Gasteiger partial charge in [-0.05, 0) is 44.1 Å². The van der Waals surface area contributed by atoms with Crippen LogP contribution in [0.25, 0.3) is 0 Å². The molecule has 0 saturated heterocycles. The third-order valence-corrected chi connectivity index (χ3v) is 4.59. The Morgan fingerprint density at radius 2 is 1.81 bits per heavy atom. The first-order valence-electron chi connectivity index (χ1n) is 7.55. The van der Waals surface area contributed by atoms with Gasteiger partial charge in [0.15, 0.2) is 0 Å². The minimum absolute atomic E-state index is 0.210. The number of hydrogen-bond donors (Lipinski definition) is 2. The molecule has 0 heterocycles. The van der Waals surface area contributed by atoms with Gasteiger partial charge < -0.3 is 10.4 Å². The van der Waals surface area contributed by atoms with Crippen LogP contribution in [0.2, 0.25) is 0 Å². The number of carbonyl (C=O) groups is 2. The maximum absolute atomic E-state index is 12.4. The minimum atomic E-state index is -1.09. The molecule has 1 saturated carbocycles. The SMILES string of the molecule is CC1CCC(NC(=O)[C@@H](C)c2ccccc2)(C(=O)O)CC1. The molecule has 2 rings (SSSR count). The number of carbonyl (C=O) groups excluding carboxylic acids is 1. The van der Waals surface area contributed by atoms with E-state index in [4.69, 9.17) is 0 Å². The van der Waals surface area contributed by atoms with Gasteiger partial charge in [0, 0.05) is 0 Å². The van der Waals surface area contributed by atoms with E-state index in [1.807, 2.05) is 37.3 Å². The molecular formula is C17H23NO3. The Bertz CT molecular complexity index is 504. The fraction of sp³-hybridized carbons (Fsp3) is 0.529. The van der Waals surface area contributed by atoms with E-state index >= 15 is 0 Å². The van der Waals surface area contributed by atoms with Gasteiger partial charge in [-0.1, -0.05) is 37.3 Å². The Morgan fingerprint density at radius 1 is 1.24 bits per heavy atom. The number of aliphatic carboxylic acids is 1. The van der Waals surface area contributed by atoms with Crippen LogP contribution in [0.3, 0.4) is 0 Å². The highest BCUT2D eigenvalue weighted by atomic mass is 16.4. The van der Waals surface area contributed by atoms with Crippen LogP contribution in [0.15, 0.2) is 30.3 Å². The van der Waals surface area contributed by atoms with E-state index < -0.39 is 11.5 Å². The standard InChI is InChI=1S/C17H23NO3/c1-12-8-10-17(11-9-12,16(20)21)18-15(19)13(2)14-6-4-3-5-7-14/h3-7,12-13H,8-11H2,1-2H3,(H,18,19)(H,20,21)/t12?,13-,17?/m0/s1. The Labute approximate surface area is 125 Å². The van der Waals surface area contributed by atoms with Gasteiger partial charge in [0.2, 0.25) is 5.91 Å². The van der Waals surface area contributed by atoms with Gasteiger partial charge in [0.25, 0.3) is 0 Å². The average Bonchev–Trinajstić information content (AvgIpc) is 2.49. The lowest BCUT2D eigenvalue weighted by molar-refractivity contribution is -0.149. The number of amides is 1. The van der Waals surface area contributed by atoms with Gasteiger partial charge in [-0.25, -0.2) is 4.79 Å². The van der Waals surface area contributed by atoms with Gasteiger partial charge in [-0.2, -0.15) is 0 Å². The third-order valence-electron chi connectivity index (χ3n) is 4.59.